The van der Waals surface area contributed by atoms with E-state index in [-0.39, 0.29) is 11.7 Å². The number of hydrogen-bond donors (Lipinski definition) is 0. The Kier molecular flexibility index (Phi) is 7.02. The quantitative estimate of drug-likeness (QED) is 0.639. The van der Waals surface area contributed by atoms with Crippen molar-refractivity contribution in [2.75, 3.05) is 6.61 Å². The van der Waals surface area contributed by atoms with Gasteiger partial charge in [-0.05, 0) is 70.4 Å². The third-order valence-electron chi connectivity index (χ3n) is 5.58. The maximum absolute atomic E-state index is 13.0. The van der Waals surface area contributed by atoms with Crippen LogP contribution in [0.25, 0.3) is 6.08 Å². The molecule has 3 rings (SSSR count). The van der Waals surface area contributed by atoms with Gasteiger partial charge in [0.2, 0.25) is 0 Å². The van der Waals surface area contributed by atoms with E-state index in [1.165, 1.54) is 6.08 Å². The van der Waals surface area contributed by atoms with E-state index >= 15 is 0 Å². The lowest BCUT2D eigenvalue weighted by Crippen LogP contribution is -2.30. The summed E-state index contributed by atoms with van der Waals surface area (Å²) in [5, 5.41) is 0. The van der Waals surface area contributed by atoms with Gasteiger partial charge in [0, 0.05) is 5.92 Å². The summed E-state index contributed by atoms with van der Waals surface area (Å²) in [6, 6.07) is 3.68. The Hall–Kier alpha value is -2.44. The van der Waals surface area contributed by atoms with E-state index < -0.39 is 30.1 Å². The van der Waals surface area contributed by atoms with Crippen molar-refractivity contribution in [2.45, 2.75) is 72.1 Å². The Morgan fingerprint density at radius 3 is 2.58 bits per heavy atom. The van der Waals surface area contributed by atoms with Crippen molar-refractivity contribution in [3.63, 3.8) is 0 Å². The van der Waals surface area contributed by atoms with Gasteiger partial charge in [0.1, 0.15) is 18.0 Å². The first kappa shape index (κ1) is 23.2. The van der Waals surface area contributed by atoms with Crippen LogP contribution in [0.4, 0.5) is 0 Å². The Labute approximate surface area is 184 Å². The average molecular weight is 429 g/mol. The summed E-state index contributed by atoms with van der Waals surface area (Å²) in [7, 11) is 0. The summed E-state index contributed by atoms with van der Waals surface area (Å²) < 4.78 is 23.3. The van der Waals surface area contributed by atoms with E-state index in [0.29, 0.717) is 29.9 Å². The van der Waals surface area contributed by atoms with Crippen molar-refractivity contribution in [3.05, 3.63) is 47.1 Å². The van der Waals surface area contributed by atoms with E-state index in [4.69, 9.17) is 18.9 Å². The molecule has 1 saturated heterocycles. The number of fused-ring (bicyclic) bond motifs is 2. The maximum Gasteiger partial charge on any atom is 0.339 e. The van der Waals surface area contributed by atoms with Crippen LogP contribution in [-0.2, 0) is 19.0 Å². The molecule has 0 saturated carbocycles. The molecule has 2 heterocycles. The van der Waals surface area contributed by atoms with Gasteiger partial charge >= 0.3 is 5.97 Å². The molecule has 6 nitrogen and oxygen atoms in total. The van der Waals surface area contributed by atoms with Gasteiger partial charge in [-0.1, -0.05) is 25.2 Å². The molecular formula is C25H32O6. The second-order valence-corrected chi connectivity index (χ2v) is 8.60. The number of ketones is 1. The summed E-state index contributed by atoms with van der Waals surface area (Å²) >= 11 is 0. The predicted octanol–water partition coefficient (Wildman–Crippen LogP) is 4.64. The second-order valence-electron chi connectivity index (χ2n) is 8.60. The lowest BCUT2D eigenvalue weighted by atomic mass is 9.98. The zero-order valence-electron chi connectivity index (χ0n) is 19.1. The third-order valence-corrected chi connectivity index (χ3v) is 5.58. The molecule has 1 aromatic carbocycles. The van der Waals surface area contributed by atoms with E-state index in [9.17, 15) is 9.59 Å². The molecule has 0 bridgehead atoms. The van der Waals surface area contributed by atoms with Gasteiger partial charge in [0.25, 0.3) is 0 Å². The molecule has 4 atom stereocenters. The molecule has 31 heavy (non-hydrogen) atoms. The third kappa shape index (κ3) is 5.43. The molecule has 0 aliphatic carbocycles. The number of aryl methyl sites for hydroxylation is 1. The first-order valence-corrected chi connectivity index (χ1v) is 10.8. The van der Waals surface area contributed by atoms with Crippen LogP contribution in [0.1, 0.15) is 62.5 Å². The van der Waals surface area contributed by atoms with Gasteiger partial charge in [-0.3, -0.25) is 4.79 Å². The van der Waals surface area contributed by atoms with E-state index in [1.54, 1.807) is 19.9 Å². The average Bonchev–Trinajstić information content (AvgIpc) is 2.99. The highest BCUT2D eigenvalue weighted by Gasteiger charge is 2.43. The lowest BCUT2D eigenvalue weighted by Gasteiger charge is -2.20. The van der Waals surface area contributed by atoms with E-state index in [0.717, 1.165) is 5.56 Å². The van der Waals surface area contributed by atoms with Gasteiger partial charge in [0.05, 0.1) is 18.3 Å². The Morgan fingerprint density at radius 1 is 1.13 bits per heavy atom. The molecule has 6 heteroatoms. The number of ether oxygens (including phenoxy) is 4. The minimum Gasteiger partial charge on any atom is -0.494 e. The molecule has 2 aliphatic heterocycles. The Balaban J connectivity index is 2.04. The molecule has 168 valence electrons. The highest BCUT2D eigenvalue weighted by Crippen LogP contribution is 2.32. The SMILES string of the molecule is CCOc1cc(C)c2c(c1)/C=C/C[C@@H]1OC(C)(C)O[C@@H]1C(=O)/C=C\[C@@H](C)[C@H](C)OC2=O. The Bertz CT molecular complexity index is 898. The zero-order valence-corrected chi connectivity index (χ0v) is 19.1. The molecule has 1 aromatic rings. The summed E-state index contributed by atoms with van der Waals surface area (Å²) in [5.41, 5.74) is 2.01. The molecule has 0 radical (unpaired) electrons. The summed E-state index contributed by atoms with van der Waals surface area (Å²) in [4.78, 5) is 25.8. The molecule has 0 unspecified atom stereocenters. The molecule has 0 spiro atoms. The number of carbonyl (C=O) groups is 2. The smallest absolute Gasteiger partial charge is 0.339 e. The Morgan fingerprint density at radius 2 is 1.87 bits per heavy atom. The first-order chi connectivity index (χ1) is 14.6. The van der Waals surface area contributed by atoms with Gasteiger partial charge in [-0.15, -0.1) is 0 Å². The number of hydrogen-bond acceptors (Lipinski definition) is 6. The van der Waals surface area contributed by atoms with Gasteiger partial charge in [-0.2, -0.15) is 0 Å². The van der Waals surface area contributed by atoms with Gasteiger partial charge in [0.15, 0.2) is 11.6 Å². The zero-order chi connectivity index (χ0) is 22.8. The number of benzene rings is 1. The van der Waals surface area contributed by atoms with Crippen molar-refractivity contribution < 1.29 is 28.5 Å². The fourth-order valence-electron chi connectivity index (χ4n) is 3.85. The monoisotopic (exact) mass is 428 g/mol. The van der Waals surface area contributed by atoms with Crippen molar-refractivity contribution in [1.82, 2.24) is 0 Å². The largest absolute Gasteiger partial charge is 0.494 e. The van der Waals surface area contributed by atoms with Crippen LogP contribution in [0.5, 0.6) is 5.75 Å². The van der Waals surface area contributed by atoms with Gasteiger partial charge in [-0.25, -0.2) is 4.79 Å². The van der Waals surface area contributed by atoms with Gasteiger partial charge < -0.3 is 18.9 Å². The fourth-order valence-corrected chi connectivity index (χ4v) is 3.85. The topological polar surface area (TPSA) is 71.1 Å². The molecule has 0 N–H and O–H groups in total. The van der Waals surface area contributed by atoms with E-state index in [2.05, 4.69) is 0 Å². The minimum absolute atomic E-state index is 0.147. The second kappa shape index (κ2) is 9.37. The van der Waals surface area contributed by atoms with Crippen LogP contribution >= 0.6 is 0 Å². The standard InChI is InChI=1S/C25H32O6/c1-7-28-19-13-16(3)22-18(14-19)9-8-10-21-23(31-25(5,6)30-21)20(26)12-11-15(2)17(4)29-24(22)27/h8-9,11-15,17,21,23H,7,10H2,1-6H3/b9-8+,12-11-/t15-,17+,21+,23-/m1/s1. The van der Waals surface area contributed by atoms with E-state index in [1.807, 2.05) is 52.0 Å². The normalized spacial score (nSPS) is 30.5. The first-order valence-electron chi connectivity index (χ1n) is 10.8. The fraction of sp³-hybridized carbons (Fsp3) is 0.520. The van der Waals surface area contributed by atoms with Crippen molar-refractivity contribution >= 4 is 17.8 Å². The lowest BCUT2D eigenvalue weighted by molar-refractivity contribution is -0.152. The highest BCUT2D eigenvalue weighted by molar-refractivity contribution is 5.96. The maximum atomic E-state index is 13.0. The molecular weight excluding hydrogens is 396 g/mol. The number of cyclic esters (lactones) is 1. The summed E-state index contributed by atoms with van der Waals surface area (Å²) in [5.74, 6) is -0.838. The van der Waals surface area contributed by atoms with Crippen LogP contribution in [0, 0.1) is 12.8 Å². The van der Waals surface area contributed by atoms with Crippen LogP contribution in [-0.4, -0.2) is 42.5 Å². The van der Waals surface area contributed by atoms with Crippen molar-refractivity contribution in [3.8, 4) is 5.75 Å². The number of esters is 1. The molecule has 0 aromatic heterocycles. The number of carbonyl (C=O) groups excluding carboxylic acids is 2. The van der Waals surface area contributed by atoms with Crippen LogP contribution in [0.2, 0.25) is 0 Å². The van der Waals surface area contributed by atoms with Crippen LogP contribution in [0.3, 0.4) is 0 Å². The predicted molar refractivity (Wildman–Crippen MR) is 118 cm³/mol. The number of rotatable bonds is 2. The minimum atomic E-state index is -0.838. The van der Waals surface area contributed by atoms with Crippen LogP contribution in [0.15, 0.2) is 30.4 Å². The summed E-state index contributed by atoms with van der Waals surface area (Å²) in [6.07, 6.45) is 6.00. The highest BCUT2D eigenvalue weighted by atomic mass is 16.8. The summed E-state index contributed by atoms with van der Waals surface area (Å²) in [6.45, 7) is 11.7. The molecule has 2 aliphatic rings. The van der Waals surface area contributed by atoms with Crippen LogP contribution < -0.4 is 4.74 Å². The molecule has 0 amide bonds. The molecule has 1 fully saturated rings. The van der Waals surface area contributed by atoms with Crippen molar-refractivity contribution in [2.24, 2.45) is 5.92 Å². The van der Waals surface area contributed by atoms with Crippen molar-refractivity contribution in [1.29, 1.82) is 0 Å².